The molecule has 1 aromatic carbocycles. The lowest BCUT2D eigenvalue weighted by Crippen LogP contribution is -2.48. The minimum absolute atomic E-state index is 0.478. The Balaban J connectivity index is 2.08. The third-order valence-corrected chi connectivity index (χ3v) is 4.26. The summed E-state index contributed by atoms with van der Waals surface area (Å²) in [7, 11) is 2.19. The molecule has 100 valence electrons. The lowest BCUT2D eigenvalue weighted by atomic mass is 9.89. The summed E-state index contributed by atoms with van der Waals surface area (Å²) in [5.41, 5.74) is 1.01. The molecule has 0 aromatic heterocycles. The highest BCUT2D eigenvalue weighted by Gasteiger charge is 2.28. The first kappa shape index (κ1) is 14.0. The van der Waals surface area contributed by atoms with E-state index >= 15 is 0 Å². The van der Waals surface area contributed by atoms with Crippen molar-refractivity contribution in [1.82, 2.24) is 4.90 Å². The maximum Gasteiger partial charge on any atom is 0.0441 e. The van der Waals surface area contributed by atoms with Crippen LogP contribution in [0.25, 0.3) is 0 Å². The van der Waals surface area contributed by atoms with E-state index in [0.29, 0.717) is 28.0 Å². The van der Waals surface area contributed by atoms with Crippen LogP contribution >= 0.6 is 23.2 Å². The number of hydrogen-bond donors (Lipinski definition) is 1. The second-order valence-electron chi connectivity index (χ2n) is 5.41. The molecule has 0 radical (unpaired) electrons. The van der Waals surface area contributed by atoms with Crippen molar-refractivity contribution in [2.45, 2.75) is 32.4 Å². The standard InChI is InChI=1S/C14H20Cl2N2/c1-9-8-18(3)10(2)4-14(9)17-13-6-11(15)5-12(16)7-13/h5-7,9-10,14,17H,4,8H2,1-3H3. The van der Waals surface area contributed by atoms with Gasteiger partial charge < -0.3 is 10.2 Å². The molecule has 1 aromatic rings. The van der Waals surface area contributed by atoms with Gasteiger partial charge in [-0.25, -0.2) is 0 Å². The zero-order valence-corrected chi connectivity index (χ0v) is 12.6. The summed E-state index contributed by atoms with van der Waals surface area (Å²) >= 11 is 12.0. The Morgan fingerprint density at radius 1 is 1.17 bits per heavy atom. The van der Waals surface area contributed by atoms with Crippen molar-refractivity contribution in [3.8, 4) is 0 Å². The largest absolute Gasteiger partial charge is 0.382 e. The highest BCUT2D eigenvalue weighted by molar-refractivity contribution is 6.35. The van der Waals surface area contributed by atoms with E-state index in [4.69, 9.17) is 23.2 Å². The highest BCUT2D eigenvalue weighted by atomic mass is 35.5. The Hall–Kier alpha value is -0.440. The fourth-order valence-corrected chi connectivity index (χ4v) is 3.12. The molecule has 0 saturated carbocycles. The second-order valence-corrected chi connectivity index (χ2v) is 6.28. The van der Waals surface area contributed by atoms with Gasteiger partial charge in [-0.1, -0.05) is 30.1 Å². The minimum Gasteiger partial charge on any atom is -0.382 e. The van der Waals surface area contributed by atoms with E-state index in [2.05, 4.69) is 31.1 Å². The Morgan fingerprint density at radius 3 is 2.39 bits per heavy atom. The molecule has 1 saturated heterocycles. The van der Waals surface area contributed by atoms with Crippen LogP contribution in [0.1, 0.15) is 20.3 Å². The average molecular weight is 287 g/mol. The SMILES string of the molecule is CC1CN(C)C(C)CC1Nc1cc(Cl)cc(Cl)c1. The van der Waals surface area contributed by atoms with E-state index in [1.807, 2.05) is 12.1 Å². The number of halogens is 2. The molecule has 0 amide bonds. The quantitative estimate of drug-likeness (QED) is 0.879. The predicted molar refractivity (Wildman–Crippen MR) is 79.7 cm³/mol. The number of nitrogens with one attached hydrogen (secondary N) is 1. The van der Waals surface area contributed by atoms with Crippen LogP contribution in [-0.4, -0.2) is 30.6 Å². The summed E-state index contributed by atoms with van der Waals surface area (Å²) in [6.45, 7) is 5.67. The van der Waals surface area contributed by atoms with Crippen molar-refractivity contribution in [3.63, 3.8) is 0 Å². The van der Waals surface area contributed by atoms with E-state index < -0.39 is 0 Å². The second kappa shape index (κ2) is 5.68. The van der Waals surface area contributed by atoms with Gasteiger partial charge in [-0.3, -0.25) is 0 Å². The molecule has 1 heterocycles. The summed E-state index contributed by atoms with van der Waals surface area (Å²) in [5, 5.41) is 4.93. The lowest BCUT2D eigenvalue weighted by Gasteiger charge is -2.40. The molecule has 2 nitrogen and oxygen atoms in total. The maximum atomic E-state index is 6.02. The first-order chi connectivity index (χ1) is 8.45. The number of likely N-dealkylation sites (tertiary alicyclic amines) is 1. The van der Waals surface area contributed by atoms with Gasteiger partial charge in [0.1, 0.15) is 0 Å². The Morgan fingerprint density at radius 2 is 1.78 bits per heavy atom. The Bertz CT molecular complexity index is 402. The van der Waals surface area contributed by atoms with Gasteiger partial charge >= 0.3 is 0 Å². The van der Waals surface area contributed by atoms with Crippen LogP contribution in [0.2, 0.25) is 10.0 Å². The van der Waals surface area contributed by atoms with Crippen molar-refractivity contribution in [1.29, 1.82) is 0 Å². The van der Waals surface area contributed by atoms with Crippen LogP contribution in [0, 0.1) is 5.92 Å². The minimum atomic E-state index is 0.478. The number of rotatable bonds is 2. The van der Waals surface area contributed by atoms with E-state index in [9.17, 15) is 0 Å². The summed E-state index contributed by atoms with van der Waals surface area (Å²) in [6.07, 6.45) is 1.14. The first-order valence-electron chi connectivity index (χ1n) is 6.38. The van der Waals surface area contributed by atoms with Crippen LogP contribution in [0.4, 0.5) is 5.69 Å². The van der Waals surface area contributed by atoms with Crippen molar-refractivity contribution in [2.24, 2.45) is 5.92 Å². The van der Waals surface area contributed by atoms with E-state index in [1.54, 1.807) is 6.07 Å². The smallest absolute Gasteiger partial charge is 0.0441 e. The molecule has 0 aliphatic carbocycles. The summed E-state index contributed by atoms with van der Waals surface area (Å²) in [5.74, 6) is 0.615. The van der Waals surface area contributed by atoms with Gasteiger partial charge in [0.15, 0.2) is 0 Å². The van der Waals surface area contributed by atoms with Gasteiger partial charge in [-0.15, -0.1) is 0 Å². The van der Waals surface area contributed by atoms with Gasteiger partial charge in [-0.05, 0) is 44.5 Å². The van der Waals surface area contributed by atoms with Gasteiger partial charge in [0.25, 0.3) is 0 Å². The van der Waals surface area contributed by atoms with Crippen LogP contribution < -0.4 is 5.32 Å². The molecule has 1 aliphatic heterocycles. The fraction of sp³-hybridized carbons (Fsp3) is 0.571. The highest BCUT2D eigenvalue weighted by Crippen LogP contribution is 2.27. The van der Waals surface area contributed by atoms with Crippen molar-refractivity contribution in [3.05, 3.63) is 28.2 Å². The molecule has 3 atom stereocenters. The molecule has 1 N–H and O–H groups in total. The predicted octanol–water partition coefficient (Wildman–Crippen LogP) is 4.13. The number of piperidine rings is 1. The average Bonchev–Trinajstić information content (AvgIpc) is 2.24. The summed E-state index contributed by atoms with van der Waals surface area (Å²) < 4.78 is 0. The van der Waals surface area contributed by atoms with Gasteiger partial charge in [0.2, 0.25) is 0 Å². The van der Waals surface area contributed by atoms with Crippen molar-refractivity contribution >= 4 is 28.9 Å². The van der Waals surface area contributed by atoms with Gasteiger partial charge in [0, 0.05) is 34.4 Å². The Kier molecular flexibility index (Phi) is 4.41. The fourth-order valence-electron chi connectivity index (χ4n) is 2.59. The zero-order valence-electron chi connectivity index (χ0n) is 11.1. The number of nitrogens with zero attached hydrogens (tertiary/aromatic N) is 1. The third-order valence-electron chi connectivity index (χ3n) is 3.82. The number of benzene rings is 1. The monoisotopic (exact) mass is 286 g/mol. The van der Waals surface area contributed by atoms with Gasteiger partial charge in [0.05, 0.1) is 0 Å². The number of hydrogen-bond acceptors (Lipinski definition) is 2. The van der Waals surface area contributed by atoms with E-state index in [0.717, 1.165) is 18.7 Å². The van der Waals surface area contributed by atoms with E-state index in [1.165, 1.54) is 0 Å². The molecule has 1 aliphatic rings. The molecule has 1 fully saturated rings. The van der Waals surface area contributed by atoms with Crippen molar-refractivity contribution in [2.75, 3.05) is 18.9 Å². The van der Waals surface area contributed by atoms with Crippen LogP contribution in [0.15, 0.2) is 18.2 Å². The van der Waals surface area contributed by atoms with Crippen LogP contribution in [-0.2, 0) is 0 Å². The van der Waals surface area contributed by atoms with Crippen LogP contribution in [0.5, 0.6) is 0 Å². The van der Waals surface area contributed by atoms with Crippen molar-refractivity contribution < 1.29 is 0 Å². The normalized spacial score (nSPS) is 29.3. The lowest BCUT2D eigenvalue weighted by molar-refractivity contribution is 0.145. The van der Waals surface area contributed by atoms with Crippen LogP contribution in [0.3, 0.4) is 0 Å². The topological polar surface area (TPSA) is 15.3 Å². The van der Waals surface area contributed by atoms with Gasteiger partial charge in [-0.2, -0.15) is 0 Å². The Labute approximate surface area is 119 Å². The molecule has 0 bridgehead atoms. The zero-order chi connectivity index (χ0) is 13.3. The molecule has 4 heteroatoms. The molecule has 0 spiro atoms. The maximum absolute atomic E-state index is 6.02. The van der Waals surface area contributed by atoms with E-state index in [-0.39, 0.29) is 0 Å². The summed E-state index contributed by atoms with van der Waals surface area (Å²) in [6, 6.07) is 6.71. The molecule has 3 unspecified atom stereocenters. The molecule has 2 rings (SSSR count). The molecular formula is C14H20Cl2N2. The molecular weight excluding hydrogens is 267 g/mol. The third kappa shape index (κ3) is 3.31. The summed E-state index contributed by atoms with van der Waals surface area (Å²) in [4.78, 5) is 2.41. The first-order valence-corrected chi connectivity index (χ1v) is 7.14. The molecule has 18 heavy (non-hydrogen) atoms. The number of anilines is 1.